The second-order valence-electron chi connectivity index (χ2n) is 4.79. The molecule has 0 saturated heterocycles. The Balaban J connectivity index is 1.99. The van der Waals surface area contributed by atoms with E-state index < -0.39 is 0 Å². The molecule has 2 aromatic rings. The van der Waals surface area contributed by atoms with Crippen LogP contribution in [0.5, 0.6) is 0 Å². The smallest absolute Gasteiger partial charge is 0.0705 e. The van der Waals surface area contributed by atoms with Crippen molar-refractivity contribution >= 4 is 10.9 Å². The first-order valence-electron chi connectivity index (χ1n) is 6.40. The Morgan fingerprint density at radius 3 is 2.89 bits per heavy atom. The molecule has 0 bridgehead atoms. The van der Waals surface area contributed by atoms with Gasteiger partial charge in [0.25, 0.3) is 0 Å². The van der Waals surface area contributed by atoms with Crippen LogP contribution in [0.25, 0.3) is 10.9 Å². The van der Waals surface area contributed by atoms with Gasteiger partial charge < -0.3 is 10.4 Å². The lowest BCUT2D eigenvalue weighted by atomic mass is 10.1. The minimum absolute atomic E-state index is 0.235. The van der Waals surface area contributed by atoms with Gasteiger partial charge in [-0.2, -0.15) is 0 Å². The zero-order valence-electron chi connectivity index (χ0n) is 11.0. The molecule has 1 aromatic heterocycles. The molecule has 2 rings (SSSR count). The van der Waals surface area contributed by atoms with Crippen LogP contribution in [0.2, 0.25) is 0 Å². The number of hydrogen-bond donors (Lipinski definition) is 2. The van der Waals surface area contributed by atoms with Crippen LogP contribution in [0, 0.1) is 6.92 Å². The molecule has 3 nitrogen and oxygen atoms in total. The minimum Gasteiger partial charge on any atom is -0.393 e. The fourth-order valence-corrected chi connectivity index (χ4v) is 1.93. The van der Waals surface area contributed by atoms with E-state index in [9.17, 15) is 0 Å². The number of nitrogens with zero attached hydrogens (tertiary/aromatic N) is 1. The van der Waals surface area contributed by atoms with Gasteiger partial charge in [-0.1, -0.05) is 12.1 Å². The number of rotatable bonds is 5. The molecule has 1 atom stereocenters. The summed E-state index contributed by atoms with van der Waals surface area (Å²) in [6, 6.07) is 10.5. The van der Waals surface area contributed by atoms with Gasteiger partial charge in [-0.15, -0.1) is 0 Å². The van der Waals surface area contributed by atoms with Crippen molar-refractivity contribution in [1.29, 1.82) is 0 Å². The standard InChI is InChI=1S/C15H20N2O/c1-11-3-5-14-9-13(4-6-15(14)17-11)10-16-8-7-12(2)18/h3-6,9,12,16,18H,7-8,10H2,1-2H3. The summed E-state index contributed by atoms with van der Waals surface area (Å²) in [6.45, 7) is 5.48. The van der Waals surface area contributed by atoms with Crippen LogP contribution >= 0.6 is 0 Å². The predicted molar refractivity (Wildman–Crippen MR) is 74.5 cm³/mol. The van der Waals surface area contributed by atoms with Gasteiger partial charge in [0.15, 0.2) is 0 Å². The molecule has 0 aliphatic carbocycles. The number of pyridine rings is 1. The van der Waals surface area contributed by atoms with Crippen molar-refractivity contribution in [3.05, 3.63) is 41.6 Å². The molecule has 3 heteroatoms. The third-order valence-corrected chi connectivity index (χ3v) is 2.96. The highest BCUT2D eigenvalue weighted by Crippen LogP contribution is 2.14. The highest BCUT2D eigenvalue weighted by atomic mass is 16.3. The van der Waals surface area contributed by atoms with Gasteiger partial charge in [-0.25, -0.2) is 0 Å². The molecule has 1 heterocycles. The normalized spacial score (nSPS) is 12.8. The maximum absolute atomic E-state index is 9.17. The molecule has 0 radical (unpaired) electrons. The monoisotopic (exact) mass is 244 g/mol. The summed E-state index contributed by atoms with van der Waals surface area (Å²) >= 11 is 0. The summed E-state index contributed by atoms with van der Waals surface area (Å²) in [5.41, 5.74) is 3.34. The van der Waals surface area contributed by atoms with Gasteiger partial charge in [-0.3, -0.25) is 4.98 Å². The van der Waals surface area contributed by atoms with Crippen molar-refractivity contribution in [1.82, 2.24) is 10.3 Å². The Bertz CT molecular complexity index is 523. The van der Waals surface area contributed by atoms with E-state index in [4.69, 9.17) is 5.11 Å². The van der Waals surface area contributed by atoms with E-state index in [1.807, 2.05) is 19.9 Å². The number of aliphatic hydroxyl groups is 1. The topological polar surface area (TPSA) is 45.1 Å². The molecule has 1 unspecified atom stereocenters. The van der Waals surface area contributed by atoms with Crippen LogP contribution in [-0.2, 0) is 6.54 Å². The average molecular weight is 244 g/mol. The van der Waals surface area contributed by atoms with Crippen molar-refractivity contribution in [3.63, 3.8) is 0 Å². The number of nitrogens with one attached hydrogen (secondary N) is 1. The average Bonchev–Trinajstić information content (AvgIpc) is 2.34. The van der Waals surface area contributed by atoms with Gasteiger partial charge in [-0.05, 0) is 50.6 Å². The molecule has 0 aliphatic rings. The third-order valence-electron chi connectivity index (χ3n) is 2.96. The summed E-state index contributed by atoms with van der Waals surface area (Å²) in [5, 5.41) is 13.7. The number of aryl methyl sites for hydroxylation is 1. The van der Waals surface area contributed by atoms with Crippen LogP contribution in [-0.4, -0.2) is 22.7 Å². The van der Waals surface area contributed by atoms with Crippen molar-refractivity contribution < 1.29 is 5.11 Å². The molecule has 0 aliphatic heterocycles. The molecule has 0 fully saturated rings. The molecule has 0 saturated carbocycles. The maximum Gasteiger partial charge on any atom is 0.0705 e. The largest absolute Gasteiger partial charge is 0.393 e. The molecule has 96 valence electrons. The van der Waals surface area contributed by atoms with Crippen LogP contribution in [0.3, 0.4) is 0 Å². The van der Waals surface area contributed by atoms with Crippen molar-refractivity contribution in [2.24, 2.45) is 0 Å². The van der Waals surface area contributed by atoms with Crippen LogP contribution in [0.15, 0.2) is 30.3 Å². The van der Waals surface area contributed by atoms with Gasteiger partial charge in [0, 0.05) is 17.6 Å². The molecular formula is C15H20N2O. The fourth-order valence-electron chi connectivity index (χ4n) is 1.93. The quantitative estimate of drug-likeness (QED) is 0.794. The Morgan fingerprint density at radius 2 is 2.11 bits per heavy atom. The Kier molecular flexibility index (Phi) is 4.28. The van der Waals surface area contributed by atoms with Gasteiger partial charge >= 0.3 is 0 Å². The van der Waals surface area contributed by atoms with Crippen LogP contribution in [0.1, 0.15) is 24.6 Å². The number of benzene rings is 1. The van der Waals surface area contributed by atoms with Gasteiger partial charge in [0.1, 0.15) is 0 Å². The predicted octanol–water partition coefficient (Wildman–Crippen LogP) is 2.40. The fraction of sp³-hybridized carbons (Fsp3) is 0.400. The molecule has 1 aromatic carbocycles. The molecule has 18 heavy (non-hydrogen) atoms. The molecule has 0 spiro atoms. The van der Waals surface area contributed by atoms with Crippen LogP contribution in [0.4, 0.5) is 0 Å². The lowest BCUT2D eigenvalue weighted by Gasteiger charge is -2.07. The third kappa shape index (κ3) is 3.52. The lowest BCUT2D eigenvalue weighted by molar-refractivity contribution is 0.183. The molecule has 2 N–H and O–H groups in total. The summed E-state index contributed by atoms with van der Waals surface area (Å²) < 4.78 is 0. The number of hydrogen-bond acceptors (Lipinski definition) is 3. The zero-order valence-corrected chi connectivity index (χ0v) is 11.0. The van der Waals surface area contributed by atoms with Crippen molar-refractivity contribution in [2.75, 3.05) is 6.54 Å². The second kappa shape index (κ2) is 5.94. The zero-order chi connectivity index (χ0) is 13.0. The SMILES string of the molecule is Cc1ccc2cc(CNCCC(C)O)ccc2n1. The molecule has 0 amide bonds. The summed E-state index contributed by atoms with van der Waals surface area (Å²) in [4.78, 5) is 4.48. The Morgan fingerprint density at radius 1 is 1.28 bits per heavy atom. The van der Waals surface area contributed by atoms with E-state index >= 15 is 0 Å². The summed E-state index contributed by atoms with van der Waals surface area (Å²) in [5.74, 6) is 0. The molecular weight excluding hydrogens is 224 g/mol. The van der Waals surface area contributed by atoms with E-state index in [1.54, 1.807) is 0 Å². The summed E-state index contributed by atoms with van der Waals surface area (Å²) in [7, 11) is 0. The Hall–Kier alpha value is -1.45. The Labute approximate surface area is 108 Å². The number of fused-ring (bicyclic) bond motifs is 1. The van der Waals surface area contributed by atoms with Gasteiger partial charge in [0.2, 0.25) is 0 Å². The van der Waals surface area contributed by atoms with Crippen LogP contribution < -0.4 is 5.32 Å². The van der Waals surface area contributed by atoms with Crippen molar-refractivity contribution in [3.8, 4) is 0 Å². The van der Waals surface area contributed by atoms with Crippen molar-refractivity contribution in [2.45, 2.75) is 32.9 Å². The first-order chi connectivity index (χ1) is 8.65. The van der Waals surface area contributed by atoms with E-state index in [0.29, 0.717) is 0 Å². The minimum atomic E-state index is -0.235. The maximum atomic E-state index is 9.17. The van der Waals surface area contributed by atoms with Gasteiger partial charge in [0.05, 0.1) is 11.6 Å². The summed E-state index contributed by atoms with van der Waals surface area (Å²) in [6.07, 6.45) is 0.551. The number of aromatic nitrogens is 1. The first kappa shape index (κ1) is 13.0. The second-order valence-corrected chi connectivity index (χ2v) is 4.79. The first-order valence-corrected chi connectivity index (χ1v) is 6.40. The highest BCUT2D eigenvalue weighted by molar-refractivity contribution is 5.79. The highest BCUT2D eigenvalue weighted by Gasteiger charge is 1.99. The van der Waals surface area contributed by atoms with E-state index in [2.05, 4.69) is 34.6 Å². The lowest BCUT2D eigenvalue weighted by Crippen LogP contribution is -2.18. The van der Waals surface area contributed by atoms with E-state index in [0.717, 1.165) is 30.7 Å². The van der Waals surface area contributed by atoms with E-state index in [-0.39, 0.29) is 6.10 Å². The van der Waals surface area contributed by atoms with E-state index in [1.165, 1.54) is 10.9 Å². The number of aliphatic hydroxyl groups excluding tert-OH is 1.